The van der Waals surface area contributed by atoms with Gasteiger partial charge in [0.25, 0.3) is 5.69 Å². The van der Waals surface area contributed by atoms with E-state index >= 15 is 0 Å². The molecule has 0 aliphatic heterocycles. The second kappa shape index (κ2) is 6.26. The summed E-state index contributed by atoms with van der Waals surface area (Å²) < 4.78 is 0. The predicted octanol–water partition coefficient (Wildman–Crippen LogP) is 4.17. The fraction of sp³-hybridized carbons (Fsp3) is 0.250. The topological polar surface area (TPSA) is 75.4 Å². The molecule has 0 amide bonds. The van der Waals surface area contributed by atoms with Crippen LogP contribution in [0.15, 0.2) is 42.5 Å². The van der Waals surface area contributed by atoms with E-state index in [1.165, 1.54) is 6.07 Å². The van der Waals surface area contributed by atoms with Crippen molar-refractivity contribution in [1.82, 2.24) is 0 Å². The number of phenolic OH excluding ortho intramolecular Hbond substituents is 1. The van der Waals surface area contributed by atoms with E-state index in [0.29, 0.717) is 0 Å². The molecule has 2 N–H and O–H groups in total. The number of hydrogen-bond donors (Lipinski definition) is 2. The maximum absolute atomic E-state index is 10.9. The van der Waals surface area contributed by atoms with Gasteiger partial charge in [-0.3, -0.25) is 10.1 Å². The first-order valence-electron chi connectivity index (χ1n) is 6.81. The Hall–Kier alpha value is -2.56. The smallest absolute Gasteiger partial charge is 0.271 e. The van der Waals surface area contributed by atoms with Crippen LogP contribution in [0.5, 0.6) is 5.75 Å². The Balaban J connectivity index is 2.28. The fourth-order valence-corrected chi connectivity index (χ4v) is 2.19. The zero-order valence-corrected chi connectivity index (χ0v) is 12.0. The molecule has 5 heteroatoms. The molecule has 1 atom stereocenters. The van der Waals surface area contributed by atoms with Crippen LogP contribution >= 0.6 is 0 Å². The van der Waals surface area contributed by atoms with E-state index in [4.69, 9.17) is 0 Å². The molecule has 110 valence electrons. The van der Waals surface area contributed by atoms with Crippen LogP contribution in [0.25, 0.3) is 0 Å². The third kappa shape index (κ3) is 3.51. The molecule has 2 aromatic carbocycles. The number of phenols is 1. The molecule has 1 unspecified atom stereocenters. The quantitative estimate of drug-likeness (QED) is 0.639. The van der Waals surface area contributed by atoms with E-state index < -0.39 is 4.92 Å². The zero-order valence-electron chi connectivity index (χ0n) is 12.0. The van der Waals surface area contributed by atoms with Crippen molar-refractivity contribution in [2.45, 2.75) is 26.3 Å². The summed E-state index contributed by atoms with van der Waals surface area (Å²) in [6.45, 7) is 3.95. The molecule has 2 rings (SSSR count). The Kier molecular flexibility index (Phi) is 4.42. The average Bonchev–Trinajstić information content (AvgIpc) is 2.47. The summed E-state index contributed by atoms with van der Waals surface area (Å²) in [4.78, 5) is 10.5. The second-order valence-corrected chi connectivity index (χ2v) is 4.95. The number of hydrogen-bond acceptors (Lipinski definition) is 4. The highest BCUT2D eigenvalue weighted by Crippen LogP contribution is 2.28. The third-order valence-corrected chi connectivity index (χ3v) is 3.47. The minimum atomic E-state index is -0.397. The first kappa shape index (κ1) is 14.8. The molecule has 0 heterocycles. The first-order chi connectivity index (χ1) is 10.0. The number of nitrogens with zero attached hydrogens (tertiary/aromatic N) is 1. The molecule has 0 radical (unpaired) electrons. The van der Waals surface area contributed by atoms with Crippen LogP contribution in [-0.2, 0) is 0 Å². The number of benzene rings is 2. The fourth-order valence-electron chi connectivity index (χ4n) is 2.19. The molecule has 5 nitrogen and oxygen atoms in total. The molecule has 0 aliphatic rings. The van der Waals surface area contributed by atoms with Crippen molar-refractivity contribution >= 4 is 11.4 Å². The largest absolute Gasteiger partial charge is 0.508 e. The summed E-state index contributed by atoms with van der Waals surface area (Å²) in [6.07, 6.45) is 0.826. The number of non-ortho nitro benzene ring substituents is 1. The molecule has 0 aromatic heterocycles. The van der Waals surface area contributed by atoms with Crippen LogP contribution < -0.4 is 5.32 Å². The minimum Gasteiger partial charge on any atom is -0.508 e. The Morgan fingerprint density at radius 3 is 2.48 bits per heavy atom. The van der Waals surface area contributed by atoms with Gasteiger partial charge in [-0.25, -0.2) is 0 Å². The van der Waals surface area contributed by atoms with E-state index in [2.05, 4.69) is 5.32 Å². The molecule has 0 fully saturated rings. The van der Waals surface area contributed by atoms with E-state index in [1.54, 1.807) is 24.3 Å². The second-order valence-electron chi connectivity index (χ2n) is 4.95. The Morgan fingerprint density at radius 1 is 1.24 bits per heavy atom. The lowest BCUT2D eigenvalue weighted by molar-refractivity contribution is -0.384. The summed E-state index contributed by atoms with van der Waals surface area (Å²) >= 11 is 0. The molecule has 0 bridgehead atoms. The number of nitrogens with one attached hydrogen (secondary N) is 1. The SMILES string of the molecule is CCC(Nc1cc([N+](=O)[O-])ccc1C)c1ccc(O)cc1. The Bertz CT molecular complexity index is 638. The van der Waals surface area contributed by atoms with Crippen LogP contribution in [-0.4, -0.2) is 10.0 Å². The number of aromatic hydroxyl groups is 1. The molecular formula is C16H18N2O3. The maximum Gasteiger partial charge on any atom is 0.271 e. The van der Waals surface area contributed by atoms with Gasteiger partial charge in [-0.15, -0.1) is 0 Å². The van der Waals surface area contributed by atoms with Crippen LogP contribution in [0, 0.1) is 17.0 Å². The molecule has 2 aromatic rings. The highest BCUT2D eigenvalue weighted by molar-refractivity contribution is 5.58. The molecule has 21 heavy (non-hydrogen) atoms. The van der Waals surface area contributed by atoms with Gasteiger partial charge in [0.15, 0.2) is 0 Å². The van der Waals surface area contributed by atoms with Crippen molar-refractivity contribution in [2.24, 2.45) is 0 Å². The van der Waals surface area contributed by atoms with E-state index in [-0.39, 0.29) is 17.5 Å². The van der Waals surface area contributed by atoms with E-state index in [0.717, 1.165) is 23.2 Å². The lowest BCUT2D eigenvalue weighted by Gasteiger charge is -2.20. The average molecular weight is 286 g/mol. The lowest BCUT2D eigenvalue weighted by atomic mass is 10.0. The number of nitro groups is 1. The third-order valence-electron chi connectivity index (χ3n) is 3.47. The van der Waals surface area contributed by atoms with Gasteiger partial charge in [0.05, 0.1) is 11.0 Å². The van der Waals surface area contributed by atoms with Crippen molar-refractivity contribution in [2.75, 3.05) is 5.32 Å². The van der Waals surface area contributed by atoms with Crippen molar-refractivity contribution in [3.05, 3.63) is 63.7 Å². The number of aryl methyl sites for hydroxylation is 1. The zero-order chi connectivity index (χ0) is 15.4. The van der Waals surface area contributed by atoms with Crippen molar-refractivity contribution in [3.63, 3.8) is 0 Å². The minimum absolute atomic E-state index is 0.0336. The molecule has 0 spiro atoms. The molecule has 0 saturated carbocycles. The van der Waals surface area contributed by atoms with Gasteiger partial charge in [-0.1, -0.05) is 25.1 Å². The summed E-state index contributed by atoms with van der Waals surface area (Å²) in [6, 6.07) is 11.8. The van der Waals surface area contributed by atoms with Crippen LogP contribution in [0.1, 0.15) is 30.5 Å². The van der Waals surface area contributed by atoms with Gasteiger partial charge in [0.2, 0.25) is 0 Å². The summed E-state index contributed by atoms with van der Waals surface area (Å²) in [5.41, 5.74) is 2.81. The number of nitro benzene ring substituents is 1. The van der Waals surface area contributed by atoms with Crippen molar-refractivity contribution < 1.29 is 10.0 Å². The Morgan fingerprint density at radius 2 is 1.90 bits per heavy atom. The molecular weight excluding hydrogens is 268 g/mol. The standard InChI is InChI=1S/C16H18N2O3/c1-3-15(12-5-8-14(19)9-6-12)17-16-10-13(18(20)21)7-4-11(16)2/h4-10,15,17,19H,3H2,1-2H3. The van der Waals surface area contributed by atoms with E-state index in [9.17, 15) is 15.2 Å². The first-order valence-corrected chi connectivity index (χ1v) is 6.81. The van der Waals surface area contributed by atoms with Gasteiger partial charge in [-0.05, 0) is 36.6 Å². The molecule has 0 aliphatic carbocycles. The summed E-state index contributed by atoms with van der Waals surface area (Å²) in [7, 11) is 0. The van der Waals surface area contributed by atoms with Gasteiger partial charge < -0.3 is 10.4 Å². The number of rotatable bonds is 5. The van der Waals surface area contributed by atoms with Gasteiger partial charge in [-0.2, -0.15) is 0 Å². The van der Waals surface area contributed by atoms with Gasteiger partial charge in [0, 0.05) is 17.8 Å². The van der Waals surface area contributed by atoms with Crippen LogP contribution in [0.4, 0.5) is 11.4 Å². The molecule has 0 saturated heterocycles. The highest BCUT2D eigenvalue weighted by Gasteiger charge is 2.13. The monoisotopic (exact) mass is 286 g/mol. The predicted molar refractivity (Wildman–Crippen MR) is 82.6 cm³/mol. The van der Waals surface area contributed by atoms with Gasteiger partial charge in [0.1, 0.15) is 5.75 Å². The van der Waals surface area contributed by atoms with E-state index in [1.807, 2.05) is 26.0 Å². The summed E-state index contributed by atoms with van der Waals surface area (Å²) in [5, 5.41) is 23.6. The Labute approximate surface area is 123 Å². The normalized spacial score (nSPS) is 11.9. The highest BCUT2D eigenvalue weighted by atomic mass is 16.6. The van der Waals surface area contributed by atoms with Crippen LogP contribution in [0.2, 0.25) is 0 Å². The maximum atomic E-state index is 10.9. The lowest BCUT2D eigenvalue weighted by Crippen LogP contribution is -2.10. The van der Waals surface area contributed by atoms with Crippen LogP contribution in [0.3, 0.4) is 0 Å². The summed E-state index contributed by atoms with van der Waals surface area (Å²) in [5.74, 6) is 0.222. The van der Waals surface area contributed by atoms with Gasteiger partial charge >= 0.3 is 0 Å². The number of anilines is 1. The van der Waals surface area contributed by atoms with Crippen molar-refractivity contribution in [3.8, 4) is 5.75 Å². The van der Waals surface area contributed by atoms with Crippen molar-refractivity contribution in [1.29, 1.82) is 0 Å².